The van der Waals surface area contributed by atoms with Gasteiger partial charge in [0, 0.05) is 62.0 Å². The number of sulfonamides is 1. The van der Waals surface area contributed by atoms with Crippen molar-refractivity contribution >= 4 is 66.7 Å². The summed E-state index contributed by atoms with van der Waals surface area (Å²) in [5.41, 5.74) is 4.90. The highest BCUT2D eigenvalue weighted by Crippen LogP contribution is 2.54. The number of H-pyrrole nitrogens is 1. The minimum atomic E-state index is -4.62. The first-order valence-corrected chi connectivity index (χ1v) is 27.7. The number of aromatic nitrogens is 2. The van der Waals surface area contributed by atoms with E-state index in [2.05, 4.69) is 49.4 Å². The zero-order valence-electron chi connectivity index (χ0n) is 40.6. The average molecular weight is 1010 g/mol. The van der Waals surface area contributed by atoms with Gasteiger partial charge in [0.05, 0.1) is 65.2 Å². The van der Waals surface area contributed by atoms with Gasteiger partial charge in [0.15, 0.2) is 0 Å². The molecule has 2 saturated carbocycles. The summed E-state index contributed by atoms with van der Waals surface area (Å²) in [7, 11) is -4.62. The Kier molecular flexibility index (Phi) is 12.8. The molecule has 0 bridgehead atoms. The predicted molar refractivity (Wildman–Crippen MR) is 273 cm³/mol. The second-order valence-corrected chi connectivity index (χ2v) is 23.8. The number of piperidine rings is 1. The highest BCUT2D eigenvalue weighted by molar-refractivity contribution is 7.90. The van der Waals surface area contributed by atoms with E-state index < -0.39 is 37.0 Å². The van der Waals surface area contributed by atoms with E-state index in [0.717, 1.165) is 88.5 Å². The van der Waals surface area contributed by atoms with Gasteiger partial charge in [0.1, 0.15) is 23.1 Å². The number of carbonyl (C=O) groups is 1. The van der Waals surface area contributed by atoms with Crippen molar-refractivity contribution in [3.05, 3.63) is 92.3 Å². The zero-order chi connectivity index (χ0) is 49.2. The number of hydrogen-bond acceptors (Lipinski definition) is 15. The van der Waals surface area contributed by atoms with Crippen LogP contribution in [-0.4, -0.2) is 116 Å². The first kappa shape index (κ1) is 48.0. The van der Waals surface area contributed by atoms with Crippen LogP contribution in [0.25, 0.3) is 11.0 Å². The first-order valence-electron chi connectivity index (χ1n) is 25.3. The largest absolute Gasteiger partial charge is 0.470 e. The fraction of sp³-hybridized carbons (Fsp3) is 0.538. The molecule has 5 fully saturated rings. The Bertz CT molecular complexity index is 2910. The number of fused-ring (bicyclic) bond motifs is 3. The normalized spacial score (nSPS) is 25.9. The van der Waals surface area contributed by atoms with Gasteiger partial charge in [0.2, 0.25) is 5.88 Å². The van der Waals surface area contributed by atoms with Crippen molar-refractivity contribution in [3.8, 4) is 5.88 Å². The summed E-state index contributed by atoms with van der Waals surface area (Å²) >= 11 is 1.79. The molecule has 19 heteroatoms. The number of nitro benzene ring substituents is 1. The molecule has 3 atom stereocenters. The number of pyridine rings is 1. The number of nitrogens with one attached hydrogen (secondary N) is 3. The molecule has 378 valence electrons. The number of hydrogen-bond donors (Lipinski definition) is 4. The third-order valence-electron chi connectivity index (χ3n) is 16.4. The second kappa shape index (κ2) is 18.9. The molecule has 11 rings (SSSR count). The lowest BCUT2D eigenvalue weighted by molar-refractivity contribution is -0.384. The third-order valence-corrected chi connectivity index (χ3v) is 18.5. The summed E-state index contributed by atoms with van der Waals surface area (Å²) in [6, 6.07) is 13.5. The molecule has 0 radical (unpaired) electrons. The lowest BCUT2D eigenvalue weighted by Gasteiger charge is -2.57. The average Bonchev–Trinajstić information content (AvgIpc) is 4.04. The van der Waals surface area contributed by atoms with Gasteiger partial charge in [-0.05, 0) is 140 Å². The van der Waals surface area contributed by atoms with Crippen LogP contribution < -0.4 is 24.6 Å². The summed E-state index contributed by atoms with van der Waals surface area (Å²) in [4.78, 5) is 41.2. The van der Waals surface area contributed by atoms with Crippen molar-refractivity contribution in [1.82, 2.24) is 19.6 Å². The minimum Gasteiger partial charge on any atom is -0.470 e. The number of amides is 1. The predicted octanol–water partition coefficient (Wildman–Crippen LogP) is 8.64. The SMILES string of the molecule is CC(C)c1cscc1[C@@H]1COCCN1C1CC2(CCN(c3ccc(C(=O)NS(=O)(=O)c4ccc(NC[C@H]5CC[C@](C)(O)CC5)c([N+](=O)[O-])c4)c(N4c5cc6cc[nH]c6nc5O[C@@H]5CCOC[C@H]54)c3)CC2)C1. The second-order valence-electron chi connectivity index (χ2n) is 21.4. The number of rotatable bonds is 12. The van der Waals surface area contributed by atoms with Crippen LogP contribution in [-0.2, 0) is 19.5 Å². The van der Waals surface area contributed by atoms with E-state index in [-0.39, 0.29) is 40.8 Å². The van der Waals surface area contributed by atoms with Crippen LogP contribution in [0.5, 0.6) is 5.88 Å². The van der Waals surface area contributed by atoms with Crippen LogP contribution >= 0.6 is 11.3 Å². The quantitative estimate of drug-likeness (QED) is 0.0683. The van der Waals surface area contributed by atoms with E-state index in [1.807, 2.05) is 42.3 Å². The number of carbonyl (C=O) groups excluding carboxylic acids is 1. The van der Waals surface area contributed by atoms with Gasteiger partial charge in [-0.15, -0.1) is 0 Å². The summed E-state index contributed by atoms with van der Waals surface area (Å²) in [5, 5.41) is 31.4. The molecule has 4 aliphatic heterocycles. The number of benzene rings is 2. The van der Waals surface area contributed by atoms with E-state index in [1.165, 1.54) is 23.3 Å². The van der Waals surface area contributed by atoms with Gasteiger partial charge in [0.25, 0.3) is 21.6 Å². The molecule has 3 aromatic heterocycles. The highest BCUT2D eigenvalue weighted by atomic mass is 32.2. The number of anilines is 4. The molecule has 7 heterocycles. The number of ether oxygens (including phenoxy) is 3. The van der Waals surface area contributed by atoms with Gasteiger partial charge in [-0.1, -0.05) is 13.8 Å². The Morgan fingerprint density at radius 1 is 0.986 bits per heavy atom. The van der Waals surface area contributed by atoms with Crippen molar-refractivity contribution in [2.45, 2.75) is 119 Å². The molecule has 6 aliphatic rings. The van der Waals surface area contributed by atoms with Crippen LogP contribution in [0.15, 0.2) is 70.4 Å². The number of thiophene rings is 1. The van der Waals surface area contributed by atoms with Gasteiger partial charge < -0.3 is 39.4 Å². The Labute approximate surface area is 418 Å². The van der Waals surface area contributed by atoms with E-state index >= 15 is 0 Å². The summed E-state index contributed by atoms with van der Waals surface area (Å²) in [6.07, 6.45) is 9.22. The van der Waals surface area contributed by atoms with E-state index in [1.54, 1.807) is 17.4 Å². The Morgan fingerprint density at radius 3 is 2.55 bits per heavy atom. The van der Waals surface area contributed by atoms with Crippen molar-refractivity contribution in [3.63, 3.8) is 0 Å². The maximum atomic E-state index is 14.7. The molecule has 2 aliphatic carbocycles. The fourth-order valence-corrected chi connectivity index (χ4v) is 14.3. The molecule has 17 nitrogen and oxygen atoms in total. The van der Waals surface area contributed by atoms with Crippen LogP contribution in [0.3, 0.4) is 0 Å². The van der Waals surface area contributed by atoms with Gasteiger partial charge >= 0.3 is 0 Å². The number of morpholine rings is 1. The highest BCUT2D eigenvalue weighted by Gasteiger charge is 2.50. The van der Waals surface area contributed by atoms with E-state index in [4.69, 9.17) is 19.2 Å². The van der Waals surface area contributed by atoms with Crippen molar-refractivity contribution < 1.29 is 37.5 Å². The van der Waals surface area contributed by atoms with Crippen molar-refractivity contribution in [2.75, 3.05) is 67.7 Å². The van der Waals surface area contributed by atoms with Crippen LogP contribution in [0.1, 0.15) is 112 Å². The smallest absolute Gasteiger partial charge is 0.293 e. The van der Waals surface area contributed by atoms with Crippen molar-refractivity contribution in [2.24, 2.45) is 11.3 Å². The number of nitro groups is 1. The monoisotopic (exact) mass is 1010 g/mol. The van der Waals surface area contributed by atoms with Crippen LogP contribution in [0.4, 0.5) is 28.4 Å². The topological polar surface area (TPSA) is 205 Å². The zero-order valence-corrected chi connectivity index (χ0v) is 42.2. The van der Waals surface area contributed by atoms with Crippen LogP contribution in [0, 0.1) is 21.4 Å². The standard InChI is InChI=1S/C52H64N8O9S2/c1-32(2)39-30-70-31-40(39)45-28-68-21-19-58(45)36-25-52(26-36)14-17-57(18-15-52)35-4-6-38(42(23-35)59-44-22-34-10-16-53-48(34)55-50(44)69-47-11-20-67-29-46(47)59)49(61)56-71(65,66)37-5-7-41(43(24-37)60(63)64)54-27-33-8-12-51(3,62)13-9-33/h4-7,10,16,22-24,30-33,36,45-47,54,62H,8-9,11-15,17-21,25-29H2,1-3H3,(H,53,55)(H,56,61)/t33-,45-,46+,47+,51-/m0/s1. The first-order chi connectivity index (χ1) is 34.1. The molecule has 3 saturated heterocycles. The van der Waals surface area contributed by atoms with E-state index in [9.17, 15) is 28.4 Å². The molecule has 1 spiro atoms. The summed E-state index contributed by atoms with van der Waals surface area (Å²) in [6.45, 7) is 11.6. The van der Waals surface area contributed by atoms with Gasteiger partial charge in [-0.3, -0.25) is 19.8 Å². The van der Waals surface area contributed by atoms with Crippen molar-refractivity contribution in [1.29, 1.82) is 0 Å². The number of aliphatic hydroxyl groups is 1. The minimum absolute atomic E-state index is 0.101. The number of nitrogens with zero attached hydrogens (tertiary/aromatic N) is 5. The summed E-state index contributed by atoms with van der Waals surface area (Å²) in [5.74, 6) is 0.171. The maximum Gasteiger partial charge on any atom is 0.293 e. The lowest BCUT2D eigenvalue weighted by atomic mass is 9.59. The van der Waals surface area contributed by atoms with E-state index in [0.29, 0.717) is 73.9 Å². The Hall–Kier alpha value is -5.31. The third kappa shape index (κ3) is 9.37. The molecule has 71 heavy (non-hydrogen) atoms. The van der Waals surface area contributed by atoms with Gasteiger partial charge in [-0.25, -0.2) is 13.1 Å². The molecule has 2 aromatic carbocycles. The molecule has 4 N–H and O–H groups in total. The Morgan fingerprint density at radius 2 is 1.77 bits per heavy atom. The molecule has 1 amide bonds. The molecule has 5 aromatic rings. The molecule has 0 unspecified atom stereocenters. The van der Waals surface area contributed by atoms with Crippen LogP contribution in [0.2, 0.25) is 0 Å². The summed E-state index contributed by atoms with van der Waals surface area (Å²) < 4.78 is 49.3. The Balaban J connectivity index is 0.865. The maximum absolute atomic E-state index is 14.7. The molecular weight excluding hydrogens is 945 g/mol. The molecular formula is C52H64N8O9S2. The lowest BCUT2D eigenvalue weighted by Crippen LogP contribution is -2.58. The fourth-order valence-electron chi connectivity index (χ4n) is 12.2. The van der Waals surface area contributed by atoms with Gasteiger partial charge in [-0.2, -0.15) is 16.3 Å². The number of aromatic amines is 1.